The van der Waals surface area contributed by atoms with Crippen molar-refractivity contribution in [2.75, 3.05) is 6.61 Å². The summed E-state index contributed by atoms with van der Waals surface area (Å²) in [6.45, 7) is 0.563. The minimum atomic E-state index is -2.78. The topological polar surface area (TPSA) is 35.2 Å². The molecule has 80 valence electrons. The number of para-hydroxylation sites is 1. The number of nitrogens with two attached hydrogens (primary N) is 1. The second kappa shape index (κ2) is 2.50. The molecule has 4 heteroatoms. The Labute approximate surface area is 86.0 Å². The highest BCUT2D eigenvalue weighted by Crippen LogP contribution is 2.60. The van der Waals surface area contributed by atoms with E-state index in [4.69, 9.17) is 10.5 Å². The lowest BCUT2D eigenvalue weighted by Gasteiger charge is -2.14. The van der Waals surface area contributed by atoms with Gasteiger partial charge in [-0.1, -0.05) is 18.2 Å². The number of halogens is 2. The van der Waals surface area contributed by atoms with Crippen molar-refractivity contribution in [3.8, 4) is 5.75 Å². The number of hydrogen-bond donors (Lipinski definition) is 1. The molecule has 0 radical (unpaired) electrons. The van der Waals surface area contributed by atoms with Crippen LogP contribution in [0.3, 0.4) is 0 Å². The van der Waals surface area contributed by atoms with Gasteiger partial charge in [0.15, 0.2) is 0 Å². The van der Waals surface area contributed by atoms with Crippen LogP contribution in [0, 0.1) is 0 Å². The first-order chi connectivity index (χ1) is 7.05. The Balaban J connectivity index is 2.11. The van der Waals surface area contributed by atoms with Gasteiger partial charge in [-0.3, -0.25) is 0 Å². The highest BCUT2D eigenvalue weighted by molar-refractivity contribution is 5.51. The van der Waals surface area contributed by atoms with Gasteiger partial charge in [0.2, 0.25) is 0 Å². The molecule has 1 atom stereocenters. The summed E-state index contributed by atoms with van der Waals surface area (Å²) in [6.07, 6.45) is 0.505. The largest absolute Gasteiger partial charge is 0.493 e. The number of hydrogen-bond acceptors (Lipinski definition) is 2. The van der Waals surface area contributed by atoms with Crippen molar-refractivity contribution in [2.45, 2.75) is 24.3 Å². The van der Waals surface area contributed by atoms with E-state index in [0.29, 0.717) is 17.9 Å². The van der Waals surface area contributed by atoms with Gasteiger partial charge < -0.3 is 10.5 Å². The fourth-order valence-corrected chi connectivity index (χ4v) is 2.16. The molecule has 1 saturated carbocycles. The molecule has 0 amide bonds. The van der Waals surface area contributed by atoms with Crippen LogP contribution in [0.2, 0.25) is 0 Å². The predicted octanol–water partition coefficient (Wildman–Crippen LogP) is 1.81. The lowest BCUT2D eigenvalue weighted by molar-refractivity contribution is 0.0883. The molecule has 1 aromatic rings. The van der Waals surface area contributed by atoms with Crippen LogP contribution < -0.4 is 10.5 Å². The zero-order valence-electron chi connectivity index (χ0n) is 8.09. The molecule has 0 bridgehead atoms. The first-order valence-corrected chi connectivity index (χ1v) is 4.96. The van der Waals surface area contributed by atoms with Crippen LogP contribution in [0.15, 0.2) is 18.2 Å². The Morgan fingerprint density at radius 3 is 2.73 bits per heavy atom. The summed E-state index contributed by atoms with van der Waals surface area (Å²) in [5.41, 5.74) is 5.64. The fraction of sp³-hybridized carbons (Fsp3) is 0.455. The summed E-state index contributed by atoms with van der Waals surface area (Å²) in [5.74, 6) is -2.20. The van der Waals surface area contributed by atoms with E-state index in [1.807, 2.05) is 6.07 Å². The van der Waals surface area contributed by atoms with Gasteiger partial charge in [-0.25, -0.2) is 8.78 Å². The van der Waals surface area contributed by atoms with Crippen molar-refractivity contribution < 1.29 is 13.5 Å². The SMILES string of the molecule is NC1(c2cccc3c2OCC3)CC1(F)F. The quantitative estimate of drug-likeness (QED) is 0.769. The van der Waals surface area contributed by atoms with Crippen LogP contribution in [0.1, 0.15) is 17.5 Å². The molecule has 1 aliphatic heterocycles. The minimum Gasteiger partial charge on any atom is -0.493 e. The highest BCUT2D eigenvalue weighted by atomic mass is 19.3. The lowest BCUT2D eigenvalue weighted by Crippen LogP contribution is -2.27. The van der Waals surface area contributed by atoms with E-state index in [1.165, 1.54) is 0 Å². The molecule has 2 N–H and O–H groups in total. The molecule has 3 rings (SSSR count). The summed E-state index contributed by atoms with van der Waals surface area (Å²) >= 11 is 0. The summed E-state index contributed by atoms with van der Waals surface area (Å²) in [5, 5.41) is 0. The molecule has 15 heavy (non-hydrogen) atoms. The van der Waals surface area contributed by atoms with E-state index in [-0.39, 0.29) is 6.42 Å². The van der Waals surface area contributed by atoms with E-state index >= 15 is 0 Å². The molecule has 0 spiro atoms. The van der Waals surface area contributed by atoms with Gasteiger partial charge in [-0.2, -0.15) is 0 Å². The Kier molecular flexibility index (Phi) is 1.51. The average Bonchev–Trinajstić information content (AvgIpc) is 2.61. The first kappa shape index (κ1) is 9.09. The Morgan fingerprint density at radius 1 is 1.33 bits per heavy atom. The van der Waals surface area contributed by atoms with E-state index < -0.39 is 11.5 Å². The average molecular weight is 211 g/mol. The summed E-state index contributed by atoms with van der Waals surface area (Å²) in [4.78, 5) is 0. The van der Waals surface area contributed by atoms with Crippen LogP contribution in [-0.4, -0.2) is 12.5 Å². The van der Waals surface area contributed by atoms with Crippen molar-refractivity contribution in [3.63, 3.8) is 0 Å². The lowest BCUT2D eigenvalue weighted by atomic mass is 10.0. The number of ether oxygens (including phenoxy) is 1. The van der Waals surface area contributed by atoms with Gasteiger partial charge in [0.05, 0.1) is 6.61 Å². The number of benzene rings is 1. The smallest absolute Gasteiger partial charge is 0.272 e. The second-order valence-electron chi connectivity index (χ2n) is 4.24. The predicted molar refractivity (Wildman–Crippen MR) is 51.1 cm³/mol. The second-order valence-corrected chi connectivity index (χ2v) is 4.24. The standard InChI is InChI=1S/C11H11F2NO/c12-11(13)6-10(11,14)8-3-1-2-7-4-5-15-9(7)8/h1-3H,4-6,14H2. The molecule has 1 fully saturated rings. The van der Waals surface area contributed by atoms with E-state index in [9.17, 15) is 8.78 Å². The molecular weight excluding hydrogens is 200 g/mol. The van der Waals surface area contributed by atoms with Crippen LogP contribution in [0.4, 0.5) is 8.78 Å². The van der Waals surface area contributed by atoms with Gasteiger partial charge >= 0.3 is 0 Å². The maximum atomic E-state index is 13.2. The van der Waals surface area contributed by atoms with Gasteiger partial charge in [0.1, 0.15) is 11.3 Å². The molecule has 0 aromatic heterocycles. The molecular formula is C11H11F2NO. The van der Waals surface area contributed by atoms with Gasteiger partial charge in [0.25, 0.3) is 5.92 Å². The minimum absolute atomic E-state index is 0.278. The highest BCUT2D eigenvalue weighted by Gasteiger charge is 2.71. The number of alkyl halides is 2. The fourth-order valence-electron chi connectivity index (χ4n) is 2.16. The Morgan fingerprint density at radius 2 is 2.07 bits per heavy atom. The maximum absolute atomic E-state index is 13.2. The zero-order valence-corrected chi connectivity index (χ0v) is 8.09. The number of fused-ring (bicyclic) bond motifs is 1. The normalized spacial score (nSPS) is 30.9. The molecule has 1 heterocycles. The third-order valence-corrected chi connectivity index (χ3v) is 3.22. The molecule has 1 aliphatic carbocycles. The van der Waals surface area contributed by atoms with Crippen molar-refractivity contribution in [1.82, 2.24) is 0 Å². The molecule has 0 saturated heterocycles. The van der Waals surface area contributed by atoms with Crippen molar-refractivity contribution >= 4 is 0 Å². The van der Waals surface area contributed by atoms with Crippen molar-refractivity contribution in [2.24, 2.45) is 5.73 Å². The molecule has 2 nitrogen and oxygen atoms in total. The Hall–Kier alpha value is -1.16. The zero-order chi connectivity index (χ0) is 10.7. The maximum Gasteiger partial charge on any atom is 0.272 e. The van der Waals surface area contributed by atoms with Gasteiger partial charge in [-0.05, 0) is 5.56 Å². The van der Waals surface area contributed by atoms with E-state index in [0.717, 1.165) is 12.0 Å². The Bertz CT molecular complexity index is 433. The van der Waals surface area contributed by atoms with E-state index in [2.05, 4.69) is 0 Å². The summed E-state index contributed by atoms with van der Waals surface area (Å²) in [6, 6.07) is 5.31. The van der Waals surface area contributed by atoms with Crippen LogP contribution in [0.25, 0.3) is 0 Å². The first-order valence-electron chi connectivity index (χ1n) is 4.96. The third-order valence-electron chi connectivity index (χ3n) is 3.22. The van der Waals surface area contributed by atoms with Crippen molar-refractivity contribution in [3.05, 3.63) is 29.3 Å². The van der Waals surface area contributed by atoms with Crippen LogP contribution >= 0.6 is 0 Å². The number of rotatable bonds is 1. The summed E-state index contributed by atoms with van der Waals surface area (Å²) in [7, 11) is 0. The monoisotopic (exact) mass is 211 g/mol. The van der Waals surface area contributed by atoms with Crippen LogP contribution in [-0.2, 0) is 12.0 Å². The third kappa shape index (κ3) is 1.05. The van der Waals surface area contributed by atoms with Crippen LogP contribution in [0.5, 0.6) is 5.75 Å². The molecule has 2 aliphatic rings. The summed E-state index contributed by atoms with van der Waals surface area (Å²) < 4.78 is 31.7. The molecule has 1 unspecified atom stereocenters. The van der Waals surface area contributed by atoms with Crippen molar-refractivity contribution in [1.29, 1.82) is 0 Å². The van der Waals surface area contributed by atoms with Gasteiger partial charge in [-0.15, -0.1) is 0 Å². The van der Waals surface area contributed by atoms with Gasteiger partial charge in [0, 0.05) is 18.4 Å². The molecule has 1 aromatic carbocycles. The van der Waals surface area contributed by atoms with E-state index in [1.54, 1.807) is 12.1 Å².